The van der Waals surface area contributed by atoms with Gasteiger partial charge in [0.15, 0.2) is 0 Å². The molecule has 3 nitrogen and oxygen atoms in total. The minimum atomic E-state index is 0.418. The van der Waals surface area contributed by atoms with Gasteiger partial charge in [-0.3, -0.25) is 4.68 Å². The molecule has 3 rings (SSSR count). The molecule has 1 aromatic heterocycles. The SMILES string of the molecule is NC(=S)c1ccccc1Cn1cc(-c2ccccc2)cn1. The van der Waals surface area contributed by atoms with E-state index in [1.807, 2.05) is 59.5 Å². The summed E-state index contributed by atoms with van der Waals surface area (Å²) in [6.45, 7) is 0.653. The molecule has 0 atom stereocenters. The molecular formula is C17H15N3S. The van der Waals surface area contributed by atoms with Gasteiger partial charge in [-0.1, -0.05) is 66.8 Å². The highest BCUT2D eigenvalue weighted by molar-refractivity contribution is 7.80. The Labute approximate surface area is 129 Å². The first-order valence-corrected chi connectivity index (χ1v) is 7.10. The van der Waals surface area contributed by atoms with Gasteiger partial charge in [-0.05, 0) is 11.1 Å². The summed E-state index contributed by atoms with van der Waals surface area (Å²) in [5.41, 5.74) is 10.0. The smallest absolute Gasteiger partial charge is 0.104 e. The van der Waals surface area contributed by atoms with Crippen LogP contribution in [0.2, 0.25) is 0 Å². The number of nitrogens with zero attached hydrogens (tertiary/aromatic N) is 2. The number of benzene rings is 2. The highest BCUT2D eigenvalue weighted by atomic mass is 32.1. The van der Waals surface area contributed by atoms with Crippen LogP contribution in [-0.2, 0) is 6.54 Å². The third-order valence-electron chi connectivity index (χ3n) is 3.36. The van der Waals surface area contributed by atoms with E-state index in [4.69, 9.17) is 18.0 Å². The van der Waals surface area contributed by atoms with E-state index in [2.05, 4.69) is 17.2 Å². The molecule has 21 heavy (non-hydrogen) atoms. The fourth-order valence-electron chi connectivity index (χ4n) is 2.30. The zero-order valence-corrected chi connectivity index (χ0v) is 12.3. The molecule has 104 valence electrons. The quantitative estimate of drug-likeness (QED) is 0.751. The fraction of sp³-hybridized carbons (Fsp3) is 0.0588. The van der Waals surface area contributed by atoms with Crippen molar-refractivity contribution in [3.63, 3.8) is 0 Å². The Balaban J connectivity index is 1.87. The molecule has 0 fully saturated rings. The number of hydrogen-bond acceptors (Lipinski definition) is 2. The molecule has 0 amide bonds. The summed E-state index contributed by atoms with van der Waals surface area (Å²) in [6.07, 6.45) is 3.91. The van der Waals surface area contributed by atoms with E-state index in [-0.39, 0.29) is 0 Å². The summed E-state index contributed by atoms with van der Waals surface area (Å²) in [7, 11) is 0. The van der Waals surface area contributed by atoms with Crippen molar-refractivity contribution < 1.29 is 0 Å². The maximum atomic E-state index is 5.77. The van der Waals surface area contributed by atoms with Crippen LogP contribution < -0.4 is 5.73 Å². The predicted octanol–water partition coefficient (Wildman–Crippen LogP) is 3.23. The van der Waals surface area contributed by atoms with E-state index in [9.17, 15) is 0 Å². The second-order valence-electron chi connectivity index (χ2n) is 4.81. The topological polar surface area (TPSA) is 43.8 Å². The predicted molar refractivity (Wildman–Crippen MR) is 89.1 cm³/mol. The second kappa shape index (κ2) is 5.89. The minimum Gasteiger partial charge on any atom is -0.389 e. The van der Waals surface area contributed by atoms with Crippen molar-refractivity contribution in [2.24, 2.45) is 5.73 Å². The van der Waals surface area contributed by atoms with Crippen molar-refractivity contribution >= 4 is 17.2 Å². The minimum absolute atomic E-state index is 0.418. The largest absolute Gasteiger partial charge is 0.389 e. The number of nitrogens with two attached hydrogens (primary N) is 1. The normalized spacial score (nSPS) is 10.5. The number of rotatable bonds is 4. The highest BCUT2D eigenvalue weighted by Gasteiger charge is 2.06. The molecule has 0 aliphatic carbocycles. The lowest BCUT2D eigenvalue weighted by Crippen LogP contribution is -2.14. The van der Waals surface area contributed by atoms with E-state index in [1.54, 1.807) is 0 Å². The van der Waals surface area contributed by atoms with Crippen LogP contribution in [0, 0.1) is 0 Å². The second-order valence-corrected chi connectivity index (χ2v) is 5.25. The molecule has 1 heterocycles. The molecule has 0 unspecified atom stereocenters. The Bertz CT molecular complexity index is 762. The van der Waals surface area contributed by atoms with Crippen molar-refractivity contribution in [2.75, 3.05) is 0 Å². The third kappa shape index (κ3) is 3.01. The van der Waals surface area contributed by atoms with Crippen molar-refractivity contribution in [2.45, 2.75) is 6.54 Å². The van der Waals surface area contributed by atoms with E-state index < -0.39 is 0 Å². The van der Waals surface area contributed by atoms with Crippen LogP contribution in [0.4, 0.5) is 0 Å². The molecule has 0 radical (unpaired) electrons. The molecular weight excluding hydrogens is 278 g/mol. The van der Waals surface area contributed by atoms with E-state index in [1.165, 1.54) is 0 Å². The van der Waals surface area contributed by atoms with E-state index >= 15 is 0 Å². The zero-order valence-electron chi connectivity index (χ0n) is 11.4. The summed E-state index contributed by atoms with van der Waals surface area (Å²) >= 11 is 5.10. The Morgan fingerprint density at radius 2 is 1.71 bits per heavy atom. The van der Waals surface area contributed by atoms with Crippen molar-refractivity contribution in [1.82, 2.24) is 9.78 Å². The van der Waals surface area contributed by atoms with Gasteiger partial charge >= 0.3 is 0 Å². The molecule has 0 aliphatic heterocycles. The van der Waals surface area contributed by atoms with Gasteiger partial charge < -0.3 is 5.73 Å². The van der Waals surface area contributed by atoms with Gasteiger partial charge in [0.25, 0.3) is 0 Å². The Morgan fingerprint density at radius 1 is 1.00 bits per heavy atom. The Hall–Kier alpha value is -2.46. The highest BCUT2D eigenvalue weighted by Crippen LogP contribution is 2.18. The van der Waals surface area contributed by atoms with Gasteiger partial charge in [0, 0.05) is 17.3 Å². The van der Waals surface area contributed by atoms with Crippen LogP contribution in [0.25, 0.3) is 11.1 Å². The first-order chi connectivity index (χ1) is 10.2. The molecule has 2 N–H and O–H groups in total. The Morgan fingerprint density at radius 3 is 2.48 bits per heavy atom. The standard InChI is InChI=1S/C17H15N3S/c18-17(21)16-9-5-4-8-14(16)11-20-12-15(10-19-20)13-6-2-1-3-7-13/h1-10,12H,11H2,(H2,18,21). The van der Waals surface area contributed by atoms with Crippen LogP contribution in [-0.4, -0.2) is 14.8 Å². The summed E-state index contributed by atoms with van der Waals surface area (Å²) < 4.78 is 1.90. The number of thiocarbonyl (C=S) groups is 1. The van der Waals surface area contributed by atoms with Crippen LogP contribution in [0.15, 0.2) is 67.0 Å². The molecule has 4 heteroatoms. The maximum absolute atomic E-state index is 5.77. The monoisotopic (exact) mass is 293 g/mol. The maximum Gasteiger partial charge on any atom is 0.104 e. The third-order valence-corrected chi connectivity index (χ3v) is 3.58. The van der Waals surface area contributed by atoms with Crippen molar-refractivity contribution in [3.05, 3.63) is 78.1 Å². The lowest BCUT2D eigenvalue weighted by atomic mass is 10.1. The van der Waals surface area contributed by atoms with Crippen LogP contribution in [0.3, 0.4) is 0 Å². The molecule has 0 saturated carbocycles. The van der Waals surface area contributed by atoms with E-state index in [0.29, 0.717) is 11.5 Å². The molecule has 2 aromatic carbocycles. The molecule has 3 aromatic rings. The van der Waals surface area contributed by atoms with E-state index in [0.717, 1.165) is 22.3 Å². The lowest BCUT2D eigenvalue weighted by molar-refractivity contribution is 0.686. The molecule has 0 aliphatic rings. The van der Waals surface area contributed by atoms with Crippen molar-refractivity contribution in [3.8, 4) is 11.1 Å². The zero-order chi connectivity index (χ0) is 14.7. The first-order valence-electron chi connectivity index (χ1n) is 6.69. The average Bonchev–Trinajstić information content (AvgIpc) is 2.97. The average molecular weight is 293 g/mol. The molecule has 0 spiro atoms. The number of hydrogen-bond donors (Lipinski definition) is 1. The summed E-state index contributed by atoms with van der Waals surface area (Å²) in [6, 6.07) is 18.1. The van der Waals surface area contributed by atoms with Crippen LogP contribution in [0.1, 0.15) is 11.1 Å². The summed E-state index contributed by atoms with van der Waals surface area (Å²) in [4.78, 5) is 0.418. The summed E-state index contributed by atoms with van der Waals surface area (Å²) in [5, 5.41) is 4.42. The summed E-state index contributed by atoms with van der Waals surface area (Å²) in [5.74, 6) is 0. The van der Waals surface area contributed by atoms with Gasteiger partial charge in [0.1, 0.15) is 4.99 Å². The Kier molecular flexibility index (Phi) is 3.79. The molecule has 0 bridgehead atoms. The first kappa shape index (κ1) is 13.5. The van der Waals surface area contributed by atoms with Gasteiger partial charge in [-0.2, -0.15) is 5.10 Å². The fourth-order valence-corrected chi connectivity index (χ4v) is 2.50. The van der Waals surface area contributed by atoms with Crippen LogP contribution in [0.5, 0.6) is 0 Å². The van der Waals surface area contributed by atoms with Crippen molar-refractivity contribution in [1.29, 1.82) is 0 Å². The number of aromatic nitrogens is 2. The molecule has 0 saturated heterocycles. The lowest BCUT2D eigenvalue weighted by Gasteiger charge is -2.07. The van der Waals surface area contributed by atoms with Gasteiger partial charge in [-0.25, -0.2) is 0 Å². The van der Waals surface area contributed by atoms with Gasteiger partial charge in [0.2, 0.25) is 0 Å². The van der Waals surface area contributed by atoms with Crippen LogP contribution >= 0.6 is 12.2 Å². The van der Waals surface area contributed by atoms with Gasteiger partial charge in [0.05, 0.1) is 12.7 Å². The van der Waals surface area contributed by atoms with Gasteiger partial charge in [-0.15, -0.1) is 0 Å².